The fourth-order valence-electron chi connectivity index (χ4n) is 2.53. The third-order valence-corrected chi connectivity index (χ3v) is 3.95. The van der Waals surface area contributed by atoms with Crippen molar-refractivity contribution >= 4 is 21.9 Å². The van der Waals surface area contributed by atoms with Crippen LogP contribution in [0.2, 0.25) is 0 Å². The maximum Gasteiger partial charge on any atom is 0.325 e. The first-order valence-electron chi connectivity index (χ1n) is 6.64. The second kappa shape index (κ2) is 7.06. The van der Waals surface area contributed by atoms with Crippen LogP contribution in [0.25, 0.3) is 0 Å². The lowest BCUT2D eigenvalue weighted by atomic mass is 10.0. The van der Waals surface area contributed by atoms with Crippen LogP contribution in [0, 0.1) is 0 Å². The average molecular weight is 343 g/mol. The Morgan fingerprint density at radius 1 is 1.45 bits per heavy atom. The topological polar surface area (TPSA) is 61.8 Å². The molecule has 1 unspecified atom stereocenters. The quantitative estimate of drug-likeness (QED) is 0.874. The molecule has 1 aliphatic heterocycles. The van der Waals surface area contributed by atoms with Crippen molar-refractivity contribution in [2.75, 3.05) is 33.3 Å². The van der Waals surface area contributed by atoms with E-state index in [1.54, 1.807) is 13.2 Å². The first kappa shape index (κ1) is 15.3. The summed E-state index contributed by atoms with van der Waals surface area (Å²) in [5.74, 6) is -0.235. The third-order valence-electron chi connectivity index (χ3n) is 3.46. The standard InChI is InChI=1S/C14H19BrN2O3/c1-20-12-4-3-10(15)9-11(12)13(14(18)19)17-7-2-5-16-6-8-17/h3-4,9,13,16H,2,5-8H2,1H3,(H,18,19). The van der Waals surface area contributed by atoms with E-state index in [1.807, 2.05) is 17.0 Å². The Kier molecular flexibility index (Phi) is 5.39. The summed E-state index contributed by atoms with van der Waals surface area (Å²) in [6.07, 6.45) is 0.945. The molecule has 1 heterocycles. The number of hydrogen-bond donors (Lipinski definition) is 2. The fraction of sp³-hybridized carbons (Fsp3) is 0.500. The number of benzene rings is 1. The van der Waals surface area contributed by atoms with Crippen LogP contribution in [0.3, 0.4) is 0 Å². The lowest BCUT2D eigenvalue weighted by Gasteiger charge is -2.28. The fourth-order valence-corrected chi connectivity index (χ4v) is 2.91. The smallest absolute Gasteiger partial charge is 0.325 e. The van der Waals surface area contributed by atoms with E-state index in [1.165, 1.54) is 0 Å². The van der Waals surface area contributed by atoms with E-state index in [-0.39, 0.29) is 0 Å². The maximum atomic E-state index is 11.8. The van der Waals surface area contributed by atoms with Crippen LogP contribution in [0.1, 0.15) is 18.0 Å². The van der Waals surface area contributed by atoms with Crippen LogP contribution in [0.5, 0.6) is 5.75 Å². The summed E-state index contributed by atoms with van der Waals surface area (Å²) in [6, 6.07) is 4.80. The number of nitrogens with one attached hydrogen (secondary N) is 1. The zero-order chi connectivity index (χ0) is 14.5. The van der Waals surface area contributed by atoms with E-state index < -0.39 is 12.0 Å². The van der Waals surface area contributed by atoms with Gasteiger partial charge < -0.3 is 15.2 Å². The summed E-state index contributed by atoms with van der Waals surface area (Å²) in [5.41, 5.74) is 0.691. The number of carbonyl (C=O) groups is 1. The number of halogens is 1. The molecular weight excluding hydrogens is 324 g/mol. The molecule has 1 aliphatic rings. The van der Waals surface area contributed by atoms with E-state index in [4.69, 9.17) is 4.74 Å². The number of nitrogens with zero attached hydrogens (tertiary/aromatic N) is 1. The molecule has 0 radical (unpaired) electrons. The third kappa shape index (κ3) is 3.50. The summed E-state index contributed by atoms with van der Waals surface area (Å²) in [6.45, 7) is 3.21. The highest BCUT2D eigenvalue weighted by molar-refractivity contribution is 9.10. The molecule has 0 saturated carbocycles. The summed E-state index contributed by atoms with van der Waals surface area (Å²) in [4.78, 5) is 13.8. The first-order chi connectivity index (χ1) is 9.63. The van der Waals surface area contributed by atoms with Crippen molar-refractivity contribution in [1.82, 2.24) is 10.2 Å². The zero-order valence-electron chi connectivity index (χ0n) is 11.4. The summed E-state index contributed by atoms with van der Waals surface area (Å²) < 4.78 is 6.18. The van der Waals surface area contributed by atoms with E-state index >= 15 is 0 Å². The minimum atomic E-state index is -0.844. The highest BCUT2D eigenvalue weighted by Gasteiger charge is 2.30. The molecule has 1 aromatic rings. The summed E-state index contributed by atoms with van der Waals surface area (Å²) >= 11 is 3.40. The van der Waals surface area contributed by atoms with Crippen molar-refractivity contribution in [3.8, 4) is 5.75 Å². The van der Waals surface area contributed by atoms with Gasteiger partial charge in [-0.2, -0.15) is 0 Å². The van der Waals surface area contributed by atoms with Crippen molar-refractivity contribution in [2.45, 2.75) is 12.5 Å². The van der Waals surface area contributed by atoms with Gasteiger partial charge in [0.05, 0.1) is 7.11 Å². The SMILES string of the molecule is COc1ccc(Br)cc1C(C(=O)O)N1CCCNCC1. The number of carboxylic acid groups (broad SMARTS) is 1. The van der Waals surface area contributed by atoms with Gasteiger partial charge in [0.2, 0.25) is 0 Å². The highest BCUT2D eigenvalue weighted by Crippen LogP contribution is 2.32. The van der Waals surface area contributed by atoms with Gasteiger partial charge in [-0.1, -0.05) is 15.9 Å². The van der Waals surface area contributed by atoms with E-state index in [0.29, 0.717) is 17.9 Å². The highest BCUT2D eigenvalue weighted by atomic mass is 79.9. The van der Waals surface area contributed by atoms with Crippen LogP contribution < -0.4 is 10.1 Å². The zero-order valence-corrected chi connectivity index (χ0v) is 13.0. The normalized spacial score (nSPS) is 18.3. The lowest BCUT2D eigenvalue weighted by Crippen LogP contribution is -2.36. The van der Waals surface area contributed by atoms with Gasteiger partial charge in [-0.15, -0.1) is 0 Å². The Labute approximate surface area is 127 Å². The molecule has 20 heavy (non-hydrogen) atoms. The number of ether oxygens (including phenoxy) is 1. The van der Waals surface area contributed by atoms with Crippen LogP contribution in [0.4, 0.5) is 0 Å². The summed E-state index contributed by atoms with van der Waals surface area (Å²) in [7, 11) is 1.57. The molecule has 6 heteroatoms. The van der Waals surface area contributed by atoms with Gasteiger partial charge in [-0.3, -0.25) is 9.69 Å². The molecule has 0 amide bonds. The van der Waals surface area contributed by atoms with Crippen molar-refractivity contribution in [1.29, 1.82) is 0 Å². The maximum absolute atomic E-state index is 11.8. The second-order valence-electron chi connectivity index (χ2n) is 4.77. The van der Waals surface area contributed by atoms with Gasteiger partial charge in [0.25, 0.3) is 0 Å². The molecule has 1 fully saturated rings. The second-order valence-corrected chi connectivity index (χ2v) is 5.68. The van der Waals surface area contributed by atoms with Crippen molar-refractivity contribution < 1.29 is 14.6 Å². The number of hydrogen-bond acceptors (Lipinski definition) is 4. The number of methoxy groups -OCH3 is 1. The van der Waals surface area contributed by atoms with E-state index in [0.717, 1.165) is 30.5 Å². The first-order valence-corrected chi connectivity index (χ1v) is 7.44. The molecule has 2 N–H and O–H groups in total. The van der Waals surface area contributed by atoms with Crippen molar-refractivity contribution in [3.63, 3.8) is 0 Å². The summed E-state index contributed by atoms with van der Waals surface area (Å²) in [5, 5.41) is 12.9. The van der Waals surface area contributed by atoms with Gasteiger partial charge in [0.1, 0.15) is 11.8 Å². The number of rotatable bonds is 4. The Bertz CT molecular complexity index is 473. The molecule has 0 aromatic heterocycles. The Hall–Kier alpha value is -1.11. The Morgan fingerprint density at radius 2 is 2.25 bits per heavy atom. The predicted molar refractivity (Wildman–Crippen MR) is 80.1 cm³/mol. The van der Waals surface area contributed by atoms with Gasteiger partial charge >= 0.3 is 5.97 Å². The van der Waals surface area contributed by atoms with Crippen molar-refractivity contribution in [3.05, 3.63) is 28.2 Å². The largest absolute Gasteiger partial charge is 0.496 e. The Balaban J connectivity index is 2.36. The molecule has 0 bridgehead atoms. The molecule has 1 aromatic carbocycles. The monoisotopic (exact) mass is 342 g/mol. The minimum Gasteiger partial charge on any atom is -0.496 e. The molecule has 1 saturated heterocycles. The Morgan fingerprint density at radius 3 is 2.95 bits per heavy atom. The van der Waals surface area contributed by atoms with Crippen LogP contribution >= 0.6 is 15.9 Å². The molecular formula is C14H19BrN2O3. The van der Waals surface area contributed by atoms with Crippen molar-refractivity contribution in [2.24, 2.45) is 0 Å². The molecule has 0 spiro atoms. The molecule has 1 atom stereocenters. The predicted octanol–water partition coefficient (Wildman–Crippen LogP) is 1.88. The van der Waals surface area contributed by atoms with Gasteiger partial charge in [0.15, 0.2) is 0 Å². The van der Waals surface area contributed by atoms with Crippen LogP contribution in [-0.4, -0.2) is 49.3 Å². The van der Waals surface area contributed by atoms with Gasteiger partial charge in [-0.25, -0.2) is 0 Å². The van der Waals surface area contributed by atoms with Crippen LogP contribution in [0.15, 0.2) is 22.7 Å². The van der Waals surface area contributed by atoms with E-state index in [2.05, 4.69) is 21.2 Å². The molecule has 2 rings (SSSR count). The van der Waals surface area contributed by atoms with Crippen LogP contribution in [-0.2, 0) is 4.79 Å². The van der Waals surface area contributed by atoms with Gasteiger partial charge in [0, 0.05) is 29.7 Å². The number of carboxylic acids is 1. The lowest BCUT2D eigenvalue weighted by molar-refractivity contribution is -0.143. The van der Waals surface area contributed by atoms with E-state index in [9.17, 15) is 9.90 Å². The molecule has 110 valence electrons. The minimum absolute atomic E-state index is 0.609. The van der Waals surface area contributed by atoms with Gasteiger partial charge in [-0.05, 0) is 31.2 Å². The average Bonchev–Trinajstić information content (AvgIpc) is 2.68. The molecule has 5 nitrogen and oxygen atoms in total. The molecule has 0 aliphatic carbocycles. The number of aliphatic carboxylic acids is 1.